The van der Waals surface area contributed by atoms with Crippen LogP contribution in [0.1, 0.15) is 45.4 Å². The first kappa shape index (κ1) is 16.0. The summed E-state index contributed by atoms with van der Waals surface area (Å²) in [5.74, 6) is 1.43. The molecule has 2 aromatic rings. The molecular formula is C16H22ClN3O. The standard InChI is InChI=1S/C16H22ClN3O/c1-4-10-18-11(3)12(5-2)16-19-15(20-21-16)13-8-6-7-9-14(13)17/h6-9,11-12,18H,4-5,10H2,1-3H3. The summed E-state index contributed by atoms with van der Waals surface area (Å²) in [5, 5.41) is 8.20. The maximum absolute atomic E-state index is 6.18. The summed E-state index contributed by atoms with van der Waals surface area (Å²) < 4.78 is 5.47. The fourth-order valence-electron chi connectivity index (χ4n) is 2.39. The van der Waals surface area contributed by atoms with Crippen molar-refractivity contribution in [2.24, 2.45) is 0 Å². The molecule has 0 radical (unpaired) electrons. The van der Waals surface area contributed by atoms with Crippen molar-refractivity contribution in [1.29, 1.82) is 0 Å². The van der Waals surface area contributed by atoms with Crippen LogP contribution in [-0.4, -0.2) is 22.7 Å². The van der Waals surface area contributed by atoms with E-state index in [0.29, 0.717) is 22.8 Å². The molecule has 2 rings (SSSR count). The molecule has 1 heterocycles. The van der Waals surface area contributed by atoms with E-state index < -0.39 is 0 Å². The molecule has 2 unspecified atom stereocenters. The third-order valence-corrected chi connectivity index (χ3v) is 3.96. The molecule has 2 atom stereocenters. The highest BCUT2D eigenvalue weighted by Crippen LogP contribution is 2.28. The number of hydrogen-bond donors (Lipinski definition) is 1. The van der Waals surface area contributed by atoms with Gasteiger partial charge in [0, 0.05) is 11.6 Å². The van der Waals surface area contributed by atoms with Gasteiger partial charge in [0.05, 0.1) is 10.9 Å². The van der Waals surface area contributed by atoms with Crippen molar-refractivity contribution in [1.82, 2.24) is 15.5 Å². The first-order valence-corrected chi connectivity index (χ1v) is 7.87. The van der Waals surface area contributed by atoms with E-state index in [1.807, 2.05) is 24.3 Å². The van der Waals surface area contributed by atoms with Crippen LogP contribution in [0.25, 0.3) is 11.4 Å². The van der Waals surface area contributed by atoms with Gasteiger partial charge >= 0.3 is 0 Å². The molecule has 4 nitrogen and oxygen atoms in total. The number of nitrogens with one attached hydrogen (secondary N) is 1. The van der Waals surface area contributed by atoms with Gasteiger partial charge in [-0.05, 0) is 38.4 Å². The van der Waals surface area contributed by atoms with Crippen molar-refractivity contribution in [2.75, 3.05) is 6.54 Å². The van der Waals surface area contributed by atoms with Gasteiger partial charge in [-0.3, -0.25) is 0 Å². The predicted molar refractivity (Wildman–Crippen MR) is 85.5 cm³/mol. The Morgan fingerprint density at radius 1 is 1.29 bits per heavy atom. The zero-order valence-corrected chi connectivity index (χ0v) is 13.5. The zero-order chi connectivity index (χ0) is 15.2. The van der Waals surface area contributed by atoms with E-state index in [9.17, 15) is 0 Å². The molecule has 0 spiro atoms. The lowest BCUT2D eigenvalue weighted by molar-refractivity contribution is 0.316. The summed E-state index contributed by atoms with van der Waals surface area (Å²) in [5.41, 5.74) is 0.804. The van der Waals surface area contributed by atoms with Crippen molar-refractivity contribution in [3.8, 4) is 11.4 Å². The Morgan fingerprint density at radius 2 is 2.05 bits per heavy atom. The molecule has 21 heavy (non-hydrogen) atoms. The van der Waals surface area contributed by atoms with Crippen LogP contribution in [0, 0.1) is 0 Å². The molecule has 1 N–H and O–H groups in total. The summed E-state index contributed by atoms with van der Waals surface area (Å²) in [4.78, 5) is 4.54. The van der Waals surface area contributed by atoms with Crippen molar-refractivity contribution < 1.29 is 4.52 Å². The number of aromatic nitrogens is 2. The van der Waals surface area contributed by atoms with Gasteiger partial charge in [-0.1, -0.05) is 42.7 Å². The van der Waals surface area contributed by atoms with Crippen LogP contribution in [-0.2, 0) is 0 Å². The number of benzene rings is 1. The lowest BCUT2D eigenvalue weighted by Gasteiger charge is -2.20. The Labute approximate surface area is 130 Å². The van der Waals surface area contributed by atoms with Gasteiger partial charge in [0.2, 0.25) is 11.7 Å². The normalized spacial score (nSPS) is 14.1. The van der Waals surface area contributed by atoms with Crippen LogP contribution in [0.2, 0.25) is 5.02 Å². The topological polar surface area (TPSA) is 51.0 Å². The summed E-state index contributed by atoms with van der Waals surface area (Å²) >= 11 is 6.18. The highest BCUT2D eigenvalue weighted by molar-refractivity contribution is 6.33. The minimum atomic E-state index is 0.209. The first-order chi connectivity index (χ1) is 10.2. The molecule has 114 valence electrons. The van der Waals surface area contributed by atoms with E-state index in [1.54, 1.807) is 0 Å². The van der Waals surface area contributed by atoms with Crippen LogP contribution in [0.5, 0.6) is 0 Å². The molecule has 0 bridgehead atoms. The molecule has 0 aliphatic heterocycles. The smallest absolute Gasteiger partial charge is 0.231 e. The van der Waals surface area contributed by atoms with E-state index >= 15 is 0 Å². The molecule has 1 aromatic heterocycles. The maximum atomic E-state index is 6.18. The molecule has 0 amide bonds. The lowest BCUT2D eigenvalue weighted by Crippen LogP contribution is -2.32. The predicted octanol–water partition coefficient (Wildman–Crippen LogP) is 4.27. The summed E-state index contributed by atoms with van der Waals surface area (Å²) in [7, 11) is 0. The highest BCUT2D eigenvalue weighted by atomic mass is 35.5. The Kier molecular flexibility index (Phi) is 5.76. The van der Waals surface area contributed by atoms with Gasteiger partial charge < -0.3 is 9.84 Å². The molecule has 0 saturated heterocycles. The van der Waals surface area contributed by atoms with Gasteiger partial charge in [0.1, 0.15) is 0 Å². The van der Waals surface area contributed by atoms with Crippen LogP contribution < -0.4 is 5.32 Å². The van der Waals surface area contributed by atoms with Crippen molar-refractivity contribution in [3.05, 3.63) is 35.2 Å². The summed E-state index contributed by atoms with van der Waals surface area (Å²) in [6.45, 7) is 7.43. The number of halogens is 1. The molecule has 0 fully saturated rings. The van der Waals surface area contributed by atoms with E-state index in [-0.39, 0.29) is 5.92 Å². The van der Waals surface area contributed by atoms with E-state index in [2.05, 4.69) is 36.2 Å². The molecule has 1 aromatic carbocycles. The number of hydrogen-bond acceptors (Lipinski definition) is 4. The number of rotatable bonds is 7. The minimum Gasteiger partial charge on any atom is -0.339 e. The number of nitrogens with zero attached hydrogens (tertiary/aromatic N) is 2. The van der Waals surface area contributed by atoms with Gasteiger partial charge in [0.15, 0.2) is 0 Å². The fraction of sp³-hybridized carbons (Fsp3) is 0.500. The van der Waals surface area contributed by atoms with Crippen LogP contribution >= 0.6 is 11.6 Å². The minimum absolute atomic E-state index is 0.209. The van der Waals surface area contributed by atoms with Crippen molar-refractivity contribution in [2.45, 2.75) is 45.6 Å². The second-order valence-corrected chi connectivity index (χ2v) is 5.60. The van der Waals surface area contributed by atoms with Crippen LogP contribution in [0.4, 0.5) is 0 Å². The van der Waals surface area contributed by atoms with Gasteiger partial charge in [-0.2, -0.15) is 4.98 Å². The average molecular weight is 308 g/mol. The van der Waals surface area contributed by atoms with Gasteiger partial charge in [-0.25, -0.2) is 0 Å². The maximum Gasteiger partial charge on any atom is 0.231 e. The van der Waals surface area contributed by atoms with Gasteiger partial charge in [-0.15, -0.1) is 0 Å². The van der Waals surface area contributed by atoms with E-state index in [0.717, 1.165) is 24.9 Å². The van der Waals surface area contributed by atoms with E-state index in [4.69, 9.17) is 16.1 Å². The average Bonchev–Trinajstić information content (AvgIpc) is 2.95. The molecule has 0 saturated carbocycles. The molecule has 0 aliphatic carbocycles. The zero-order valence-electron chi connectivity index (χ0n) is 12.8. The second kappa shape index (κ2) is 7.57. The second-order valence-electron chi connectivity index (χ2n) is 5.19. The van der Waals surface area contributed by atoms with E-state index in [1.165, 1.54) is 0 Å². The van der Waals surface area contributed by atoms with Gasteiger partial charge in [0.25, 0.3) is 0 Å². The summed E-state index contributed by atoms with van der Waals surface area (Å²) in [6, 6.07) is 7.83. The SMILES string of the molecule is CCCNC(C)C(CC)c1nc(-c2ccccc2Cl)no1. The first-order valence-electron chi connectivity index (χ1n) is 7.49. The van der Waals surface area contributed by atoms with Crippen molar-refractivity contribution >= 4 is 11.6 Å². The quantitative estimate of drug-likeness (QED) is 0.830. The van der Waals surface area contributed by atoms with Crippen LogP contribution in [0.15, 0.2) is 28.8 Å². The fourth-order valence-corrected chi connectivity index (χ4v) is 2.61. The third kappa shape index (κ3) is 3.83. The monoisotopic (exact) mass is 307 g/mol. The summed E-state index contributed by atoms with van der Waals surface area (Å²) in [6.07, 6.45) is 2.05. The molecule has 5 heteroatoms. The Hall–Kier alpha value is -1.39. The Bertz CT molecular complexity index is 570. The molecule has 0 aliphatic rings. The third-order valence-electron chi connectivity index (χ3n) is 3.63. The van der Waals surface area contributed by atoms with Crippen molar-refractivity contribution in [3.63, 3.8) is 0 Å². The largest absolute Gasteiger partial charge is 0.339 e. The lowest BCUT2D eigenvalue weighted by atomic mass is 9.98. The van der Waals surface area contributed by atoms with Crippen LogP contribution in [0.3, 0.4) is 0 Å². The Morgan fingerprint density at radius 3 is 2.71 bits per heavy atom. The molecular weight excluding hydrogens is 286 g/mol. The highest BCUT2D eigenvalue weighted by Gasteiger charge is 2.24. The Balaban J connectivity index is 2.20.